The summed E-state index contributed by atoms with van der Waals surface area (Å²) in [4.78, 5) is 4.17. The zero-order valence-electron chi connectivity index (χ0n) is 5.82. The molecule has 2 heteroatoms. The Morgan fingerprint density at radius 2 is 2.36 bits per heavy atom. The van der Waals surface area contributed by atoms with Gasteiger partial charge in [0, 0.05) is 23.2 Å². The molecule has 0 bridgehead atoms. The van der Waals surface area contributed by atoms with Crippen molar-refractivity contribution in [2.75, 3.05) is 0 Å². The maximum absolute atomic E-state index is 4.17. The monoisotopic (exact) mass is 160 g/mol. The number of aromatic nitrogens is 1. The highest BCUT2D eigenvalue weighted by Gasteiger charge is 1.95. The van der Waals surface area contributed by atoms with Gasteiger partial charge in [-0.2, -0.15) is 11.3 Å². The van der Waals surface area contributed by atoms with Crippen molar-refractivity contribution in [2.24, 2.45) is 0 Å². The van der Waals surface area contributed by atoms with Crippen LogP contribution in [0.3, 0.4) is 0 Å². The lowest BCUT2D eigenvalue weighted by Crippen LogP contribution is -1.76. The molecule has 0 unspecified atom stereocenters. The van der Waals surface area contributed by atoms with Gasteiger partial charge < -0.3 is 0 Å². The molecular weight excluding hydrogens is 154 g/mol. The molecule has 2 aromatic heterocycles. The molecule has 0 atom stereocenters. The zero-order valence-corrected chi connectivity index (χ0v) is 6.64. The Balaban J connectivity index is 2.46. The topological polar surface area (TPSA) is 12.9 Å². The summed E-state index contributed by atoms with van der Waals surface area (Å²) in [5.74, 6) is 0. The Bertz CT molecular complexity index is 313. The molecule has 0 fully saturated rings. The van der Waals surface area contributed by atoms with Gasteiger partial charge in [0.15, 0.2) is 0 Å². The molecule has 0 saturated heterocycles. The van der Waals surface area contributed by atoms with Crippen molar-refractivity contribution >= 4 is 11.3 Å². The van der Waals surface area contributed by atoms with Gasteiger partial charge >= 0.3 is 0 Å². The minimum Gasteiger partial charge on any atom is -0.256 e. The van der Waals surface area contributed by atoms with Crippen LogP contribution in [0.25, 0.3) is 11.3 Å². The number of hydrogen-bond donors (Lipinski definition) is 0. The molecule has 2 rings (SSSR count). The van der Waals surface area contributed by atoms with Crippen LogP contribution < -0.4 is 0 Å². The third-order valence-corrected chi connectivity index (χ3v) is 2.12. The predicted molar refractivity (Wildman–Crippen MR) is 46.4 cm³/mol. The minimum absolute atomic E-state index is 1.02. The summed E-state index contributed by atoms with van der Waals surface area (Å²) >= 11 is 1.68. The van der Waals surface area contributed by atoms with Crippen LogP contribution in [-0.4, -0.2) is 4.98 Å². The first kappa shape index (κ1) is 6.55. The highest BCUT2D eigenvalue weighted by molar-refractivity contribution is 7.08. The van der Waals surface area contributed by atoms with Crippen molar-refractivity contribution in [1.29, 1.82) is 0 Å². The fourth-order valence-electron chi connectivity index (χ4n) is 0.901. The molecule has 53 valence electrons. The first-order valence-corrected chi connectivity index (χ1v) is 4.26. The van der Waals surface area contributed by atoms with E-state index in [4.69, 9.17) is 0 Å². The van der Waals surface area contributed by atoms with E-state index in [2.05, 4.69) is 22.5 Å². The van der Waals surface area contributed by atoms with Crippen molar-refractivity contribution in [3.05, 3.63) is 41.2 Å². The Labute approximate surface area is 69.3 Å². The van der Waals surface area contributed by atoms with Crippen molar-refractivity contribution in [2.45, 2.75) is 0 Å². The molecular formula is C9H6NS. The second kappa shape index (κ2) is 2.84. The average Bonchev–Trinajstić information content (AvgIpc) is 2.58. The molecule has 0 saturated carbocycles. The van der Waals surface area contributed by atoms with Crippen LogP contribution in [0.2, 0.25) is 0 Å². The van der Waals surface area contributed by atoms with Gasteiger partial charge in [-0.05, 0) is 17.5 Å². The molecule has 2 aromatic rings. The Hall–Kier alpha value is -1.15. The molecule has 1 nitrogen and oxygen atoms in total. The van der Waals surface area contributed by atoms with Gasteiger partial charge in [0.1, 0.15) is 0 Å². The Kier molecular flexibility index (Phi) is 1.69. The standard InChI is InChI=1S/C9H6NS/c1-2-5-10-9(3-1)8-4-6-11-7-8/h1,3-7H. The van der Waals surface area contributed by atoms with Gasteiger partial charge in [-0.25, -0.2) is 0 Å². The van der Waals surface area contributed by atoms with Crippen LogP contribution in [0, 0.1) is 6.07 Å². The SMILES string of the molecule is [c]1ccc(-c2ccsc2)nc1. The average molecular weight is 160 g/mol. The molecule has 0 aliphatic heterocycles. The molecule has 0 aliphatic rings. The first-order valence-electron chi connectivity index (χ1n) is 3.31. The van der Waals surface area contributed by atoms with Crippen molar-refractivity contribution in [3.8, 4) is 11.3 Å². The summed E-state index contributed by atoms with van der Waals surface area (Å²) in [6, 6.07) is 8.78. The number of rotatable bonds is 1. The van der Waals surface area contributed by atoms with Gasteiger partial charge in [0.2, 0.25) is 0 Å². The molecule has 0 amide bonds. The fraction of sp³-hybridized carbons (Fsp3) is 0. The predicted octanol–water partition coefficient (Wildman–Crippen LogP) is 2.61. The normalized spacial score (nSPS) is 9.82. The van der Waals surface area contributed by atoms with Gasteiger partial charge in [0.05, 0.1) is 5.69 Å². The van der Waals surface area contributed by atoms with Crippen molar-refractivity contribution < 1.29 is 0 Å². The van der Waals surface area contributed by atoms with E-state index in [1.165, 1.54) is 5.56 Å². The van der Waals surface area contributed by atoms with Crippen LogP contribution in [0.4, 0.5) is 0 Å². The summed E-state index contributed by atoms with van der Waals surface area (Å²) in [6.45, 7) is 0. The smallest absolute Gasteiger partial charge is 0.0710 e. The highest BCUT2D eigenvalue weighted by atomic mass is 32.1. The van der Waals surface area contributed by atoms with Crippen LogP contribution in [0.1, 0.15) is 0 Å². The lowest BCUT2D eigenvalue weighted by atomic mass is 10.2. The number of hydrogen-bond acceptors (Lipinski definition) is 2. The van der Waals surface area contributed by atoms with Gasteiger partial charge in [-0.3, -0.25) is 4.98 Å². The van der Waals surface area contributed by atoms with E-state index in [1.807, 2.05) is 17.5 Å². The van der Waals surface area contributed by atoms with Crippen molar-refractivity contribution in [3.63, 3.8) is 0 Å². The van der Waals surface area contributed by atoms with E-state index in [0.717, 1.165) is 5.69 Å². The van der Waals surface area contributed by atoms with Gasteiger partial charge in [0.25, 0.3) is 0 Å². The molecule has 0 aliphatic carbocycles. The van der Waals surface area contributed by atoms with Crippen LogP contribution in [0.5, 0.6) is 0 Å². The van der Waals surface area contributed by atoms with E-state index in [0.29, 0.717) is 0 Å². The van der Waals surface area contributed by atoms with Crippen LogP contribution in [-0.2, 0) is 0 Å². The molecule has 0 aromatic carbocycles. The second-order valence-corrected chi connectivity index (χ2v) is 2.94. The first-order chi connectivity index (χ1) is 5.47. The Morgan fingerprint density at radius 3 is 3.00 bits per heavy atom. The number of pyridine rings is 1. The van der Waals surface area contributed by atoms with Crippen LogP contribution >= 0.6 is 11.3 Å². The molecule has 0 spiro atoms. The number of nitrogens with zero attached hydrogens (tertiary/aromatic N) is 1. The summed E-state index contributed by atoms with van der Waals surface area (Å²) < 4.78 is 0. The highest BCUT2D eigenvalue weighted by Crippen LogP contribution is 2.18. The van der Waals surface area contributed by atoms with Gasteiger partial charge in [-0.1, -0.05) is 6.07 Å². The zero-order chi connectivity index (χ0) is 7.52. The molecule has 1 radical (unpaired) electrons. The molecule has 11 heavy (non-hydrogen) atoms. The summed E-state index contributed by atoms with van der Waals surface area (Å²) in [7, 11) is 0. The van der Waals surface area contributed by atoms with Gasteiger partial charge in [-0.15, -0.1) is 0 Å². The third kappa shape index (κ3) is 1.30. The lowest BCUT2D eigenvalue weighted by Gasteiger charge is -1.92. The minimum atomic E-state index is 1.02. The largest absolute Gasteiger partial charge is 0.256 e. The Morgan fingerprint density at radius 1 is 1.36 bits per heavy atom. The van der Waals surface area contributed by atoms with E-state index >= 15 is 0 Å². The second-order valence-electron chi connectivity index (χ2n) is 2.16. The third-order valence-electron chi connectivity index (χ3n) is 1.43. The van der Waals surface area contributed by atoms with E-state index in [-0.39, 0.29) is 0 Å². The number of thiophene rings is 1. The maximum atomic E-state index is 4.17. The van der Waals surface area contributed by atoms with E-state index < -0.39 is 0 Å². The summed E-state index contributed by atoms with van der Waals surface area (Å²) in [5, 5.41) is 4.13. The van der Waals surface area contributed by atoms with Crippen molar-refractivity contribution in [1.82, 2.24) is 4.98 Å². The van der Waals surface area contributed by atoms with E-state index in [1.54, 1.807) is 17.5 Å². The fourth-order valence-corrected chi connectivity index (χ4v) is 1.55. The summed E-state index contributed by atoms with van der Waals surface area (Å²) in [6.07, 6.45) is 1.69. The maximum Gasteiger partial charge on any atom is 0.0710 e. The van der Waals surface area contributed by atoms with Crippen LogP contribution in [0.15, 0.2) is 35.2 Å². The lowest BCUT2D eigenvalue weighted by molar-refractivity contribution is 1.33. The summed E-state index contributed by atoms with van der Waals surface area (Å²) in [5.41, 5.74) is 2.20. The van der Waals surface area contributed by atoms with E-state index in [9.17, 15) is 0 Å². The molecule has 0 N–H and O–H groups in total. The quantitative estimate of drug-likeness (QED) is 0.625. The molecule has 2 heterocycles.